The first kappa shape index (κ1) is 71.5. The Hall–Kier alpha value is -0.560. The molecule has 0 saturated carbocycles. The normalized spacial score (nSPS) is 23.7. The molecule has 12 N–H and O–H groups in total. The van der Waals surface area contributed by atoms with Crippen molar-refractivity contribution in [3.05, 3.63) is 0 Å². The summed E-state index contributed by atoms with van der Waals surface area (Å²) in [6.45, 7) is 5.96. The minimum Gasteiger partial charge on any atom is -0.412 e. The Morgan fingerprint density at radius 1 is 0.471 bits per heavy atom. The Balaban J connectivity index is 0. The number of nitrogens with two attached hydrogens (primary N) is 1. The van der Waals surface area contributed by atoms with E-state index in [0.717, 1.165) is 12.8 Å². The van der Waals surface area contributed by atoms with Crippen LogP contribution >= 0.6 is 0 Å². The van der Waals surface area contributed by atoms with E-state index in [1.165, 1.54) is 225 Å². The number of aliphatic hydroxyl groups excluding tert-OH is 8. The van der Waals surface area contributed by atoms with E-state index in [-0.39, 0.29) is 31.7 Å². The van der Waals surface area contributed by atoms with Crippen LogP contribution in [0.2, 0.25) is 0 Å². The summed E-state index contributed by atoms with van der Waals surface area (Å²) >= 11 is 0. The average Bonchev–Trinajstić information content (AvgIpc) is 3.35. The Morgan fingerprint density at radius 3 is 1.11 bits per heavy atom. The van der Waals surface area contributed by atoms with Gasteiger partial charge in [0.05, 0.1) is 38.6 Å². The van der Waals surface area contributed by atoms with Crippen molar-refractivity contribution in [2.24, 2.45) is 5.73 Å². The molecule has 70 heavy (non-hydrogen) atoms. The molecule has 0 radical (unpaired) electrons. The van der Waals surface area contributed by atoms with Crippen LogP contribution in [0.15, 0.2) is 0 Å². The van der Waals surface area contributed by atoms with Crippen LogP contribution in [0.3, 0.4) is 0 Å². The molecule has 0 aromatic carbocycles. The lowest BCUT2D eigenvalue weighted by atomic mass is 9.98. The van der Waals surface area contributed by atoms with Gasteiger partial charge in [-0.3, -0.25) is 0 Å². The molecule has 2 aliphatic heterocycles. The van der Waals surface area contributed by atoms with E-state index in [4.69, 9.17) is 34.9 Å². The lowest BCUT2D eigenvalue weighted by molar-refractivity contribution is -0.350. The van der Waals surface area contributed by atoms with E-state index < -0.39 is 74.6 Å². The molecule has 2 aliphatic rings. The number of hydrogen-bond acceptors (Lipinski definition) is 13. The standard InChI is InChI=1S/C26H54.C16H34O2.C14H27NO10.H2O/c1-3-5-7-9-11-13-15-17-19-21-23-25-26-24-22-20-18-16-14-12-10-8-6-4-2;1-2-3-4-5-6-7-8-9-10-11-12-13-14-16(18)15-17;15-1-2-22-14-13(12(21)11(20)8(5-17)24-14)25-9-3-6(18)10(19)7(4-16)23-9;/h3-26H2,1-2H3;16-18H,2-15H2,1H3;6-14,16-21H,1-5,15H2;1H2/t;16-;;/m.1../s1. The van der Waals surface area contributed by atoms with Gasteiger partial charge in [-0.25, -0.2) is 0 Å². The molecule has 10 atom stereocenters. The molecule has 14 heteroatoms. The summed E-state index contributed by atoms with van der Waals surface area (Å²) in [6, 6.07) is 0. The first-order chi connectivity index (χ1) is 33.6. The fourth-order valence-corrected chi connectivity index (χ4v) is 9.20. The predicted octanol–water partition coefficient (Wildman–Crippen LogP) is 9.61. The van der Waals surface area contributed by atoms with Crippen molar-refractivity contribution in [3.63, 3.8) is 0 Å². The molecular weight excluding hydrogens is 895 g/mol. The molecule has 2 saturated heterocycles. The maximum absolute atomic E-state index is 10.3. The van der Waals surface area contributed by atoms with Crippen molar-refractivity contribution in [1.29, 1.82) is 0 Å². The quantitative estimate of drug-likeness (QED) is 0.0258. The van der Waals surface area contributed by atoms with E-state index in [9.17, 15) is 30.6 Å². The van der Waals surface area contributed by atoms with E-state index in [1.54, 1.807) is 0 Å². The van der Waals surface area contributed by atoms with Crippen LogP contribution < -0.4 is 5.73 Å². The third-order valence-corrected chi connectivity index (χ3v) is 13.8. The molecule has 0 amide bonds. The number of rotatable bonds is 44. The highest BCUT2D eigenvalue weighted by atomic mass is 16.7. The Kier molecular flexibility index (Phi) is 54.4. The SMILES string of the molecule is CCCCCCCCCCCCCCCCCCCCCCCCCC.CCCCCCCCCCCCCC[C@@H](O)CO.NCCOC1OC(CO)C(O)C(O)C1OC1CC(O)C(O)C(CO)O1.O. The van der Waals surface area contributed by atoms with Crippen LogP contribution in [0.1, 0.15) is 265 Å². The smallest absolute Gasteiger partial charge is 0.187 e. The molecule has 9 unspecified atom stereocenters. The summed E-state index contributed by atoms with van der Waals surface area (Å²) in [7, 11) is 0. The second kappa shape index (κ2) is 53.3. The van der Waals surface area contributed by atoms with Crippen molar-refractivity contribution < 1.29 is 65.3 Å². The average molecular weight is 1010 g/mol. The molecule has 0 spiro atoms. The number of hydrogen-bond donors (Lipinski definition) is 9. The van der Waals surface area contributed by atoms with E-state index in [1.807, 2.05) is 0 Å². The summed E-state index contributed by atoms with van der Waals surface area (Å²) < 4.78 is 21.7. The number of aliphatic hydroxyl groups is 8. The minimum atomic E-state index is -1.46. The van der Waals surface area contributed by atoms with Gasteiger partial charge in [0.2, 0.25) is 0 Å². The Labute approximate surface area is 428 Å². The molecule has 2 heterocycles. The van der Waals surface area contributed by atoms with E-state index in [2.05, 4.69) is 20.8 Å². The van der Waals surface area contributed by atoms with E-state index >= 15 is 0 Å². The zero-order valence-corrected chi connectivity index (χ0v) is 45.5. The third-order valence-electron chi connectivity index (χ3n) is 13.8. The van der Waals surface area contributed by atoms with Crippen molar-refractivity contribution in [3.8, 4) is 0 Å². The van der Waals surface area contributed by atoms with Gasteiger partial charge in [0, 0.05) is 13.0 Å². The molecule has 0 bridgehead atoms. The molecule has 0 aliphatic carbocycles. The number of unbranched alkanes of at least 4 members (excludes halogenated alkanes) is 34. The van der Waals surface area contributed by atoms with Crippen LogP contribution in [0.5, 0.6) is 0 Å². The van der Waals surface area contributed by atoms with Gasteiger partial charge in [-0.05, 0) is 6.42 Å². The highest BCUT2D eigenvalue weighted by molar-refractivity contribution is 4.91. The minimum absolute atomic E-state index is 0. The van der Waals surface area contributed by atoms with Gasteiger partial charge in [-0.2, -0.15) is 0 Å². The van der Waals surface area contributed by atoms with Gasteiger partial charge in [0.15, 0.2) is 12.6 Å². The maximum Gasteiger partial charge on any atom is 0.187 e. The number of ether oxygens (including phenoxy) is 4. The van der Waals surface area contributed by atoms with Crippen molar-refractivity contribution in [2.75, 3.05) is 33.0 Å². The van der Waals surface area contributed by atoms with Crippen molar-refractivity contribution >= 4 is 0 Å². The summed E-state index contributed by atoms with van der Waals surface area (Å²) in [5, 5.41) is 76.1. The predicted molar refractivity (Wildman–Crippen MR) is 285 cm³/mol. The van der Waals surface area contributed by atoms with Crippen LogP contribution in [-0.2, 0) is 18.9 Å². The van der Waals surface area contributed by atoms with E-state index in [0.29, 0.717) is 0 Å². The molecule has 0 aromatic heterocycles. The summed E-state index contributed by atoms with van der Waals surface area (Å²) in [5.74, 6) is 0. The first-order valence-electron chi connectivity index (χ1n) is 29.2. The van der Waals surface area contributed by atoms with Gasteiger partial charge in [0.25, 0.3) is 0 Å². The lowest BCUT2D eigenvalue weighted by Gasteiger charge is -2.44. The molecule has 0 aromatic rings. The lowest BCUT2D eigenvalue weighted by Crippen LogP contribution is -2.62. The van der Waals surface area contributed by atoms with Gasteiger partial charge < -0.3 is 71.0 Å². The molecular formula is C56H117NO13. The van der Waals surface area contributed by atoms with Crippen LogP contribution in [0, 0.1) is 0 Å². The van der Waals surface area contributed by atoms with Gasteiger partial charge >= 0.3 is 0 Å². The van der Waals surface area contributed by atoms with Gasteiger partial charge in [0.1, 0.15) is 36.6 Å². The first-order valence-corrected chi connectivity index (χ1v) is 29.2. The van der Waals surface area contributed by atoms with Crippen molar-refractivity contribution in [1.82, 2.24) is 0 Å². The van der Waals surface area contributed by atoms with Crippen molar-refractivity contribution in [2.45, 2.75) is 326 Å². The zero-order valence-electron chi connectivity index (χ0n) is 45.5. The molecule has 2 fully saturated rings. The zero-order chi connectivity index (χ0) is 51.0. The summed E-state index contributed by atoms with van der Waals surface area (Å²) in [5.41, 5.74) is 5.38. The fourth-order valence-electron chi connectivity index (χ4n) is 9.20. The summed E-state index contributed by atoms with van der Waals surface area (Å²) in [4.78, 5) is 0. The van der Waals surface area contributed by atoms with Crippen LogP contribution in [-0.4, -0.2) is 141 Å². The second-order valence-corrected chi connectivity index (χ2v) is 20.3. The fraction of sp³-hybridized carbons (Fsp3) is 1.00. The Bertz CT molecular complexity index is 997. The van der Waals surface area contributed by atoms with Crippen LogP contribution in [0.25, 0.3) is 0 Å². The highest BCUT2D eigenvalue weighted by Gasteiger charge is 2.48. The van der Waals surface area contributed by atoms with Gasteiger partial charge in [-0.15, -0.1) is 0 Å². The summed E-state index contributed by atoms with van der Waals surface area (Å²) in [6.07, 6.45) is 40.7. The van der Waals surface area contributed by atoms with Crippen LogP contribution in [0.4, 0.5) is 0 Å². The molecule has 14 nitrogen and oxygen atoms in total. The third kappa shape index (κ3) is 39.8. The topological polar surface area (TPSA) is 256 Å². The highest BCUT2D eigenvalue weighted by Crippen LogP contribution is 2.29. The van der Waals surface area contributed by atoms with Gasteiger partial charge in [-0.1, -0.05) is 252 Å². The maximum atomic E-state index is 10.3. The largest absolute Gasteiger partial charge is 0.412 e. The molecule has 2 rings (SSSR count). The Morgan fingerprint density at radius 2 is 0.800 bits per heavy atom. The molecule has 424 valence electrons. The monoisotopic (exact) mass is 1010 g/mol. The second-order valence-electron chi connectivity index (χ2n) is 20.3.